The topological polar surface area (TPSA) is 67.3 Å². The highest BCUT2D eigenvalue weighted by molar-refractivity contribution is 7.89. The number of pyridine rings is 1. The van der Waals surface area contributed by atoms with Gasteiger partial charge in [-0.3, -0.25) is 4.21 Å². The molecule has 7 heteroatoms. The maximum atomic E-state index is 12.5. The number of aromatic nitrogens is 1. The summed E-state index contributed by atoms with van der Waals surface area (Å²) in [5, 5.41) is 0.486. The molecule has 0 amide bonds. The van der Waals surface area contributed by atoms with Gasteiger partial charge in [-0.2, -0.15) is 4.31 Å². The summed E-state index contributed by atoms with van der Waals surface area (Å²) in [6.45, 7) is 1.16. The van der Waals surface area contributed by atoms with Gasteiger partial charge in [0.05, 0.1) is 10.8 Å². The zero-order chi connectivity index (χ0) is 14.9. The fourth-order valence-electron chi connectivity index (χ4n) is 2.49. The van der Waals surface area contributed by atoms with Crippen molar-refractivity contribution in [1.82, 2.24) is 9.29 Å². The molecule has 2 heterocycles. The Bertz CT molecular complexity index is 618. The normalized spacial score (nSPS) is 22.1. The van der Waals surface area contributed by atoms with Crippen molar-refractivity contribution < 1.29 is 12.6 Å². The van der Waals surface area contributed by atoms with Crippen LogP contribution in [-0.4, -0.2) is 40.8 Å². The third-order valence-corrected chi connectivity index (χ3v) is 7.34. The zero-order valence-electron chi connectivity index (χ0n) is 11.9. The number of piperidine rings is 1. The second kappa shape index (κ2) is 6.14. The molecular formula is C14H20N2O3S2. The number of sulfonamides is 1. The molecule has 1 saturated carbocycles. The Labute approximate surface area is 128 Å². The van der Waals surface area contributed by atoms with E-state index in [9.17, 15) is 12.6 Å². The summed E-state index contributed by atoms with van der Waals surface area (Å²) in [5.74, 6) is 1.20. The molecule has 1 aliphatic heterocycles. The van der Waals surface area contributed by atoms with Crippen molar-refractivity contribution in [2.24, 2.45) is 5.92 Å². The second-order valence-electron chi connectivity index (χ2n) is 5.75. The van der Waals surface area contributed by atoms with Gasteiger partial charge in [0.25, 0.3) is 0 Å². The van der Waals surface area contributed by atoms with Crippen LogP contribution < -0.4 is 0 Å². The van der Waals surface area contributed by atoms with Gasteiger partial charge in [0.2, 0.25) is 10.0 Å². The first-order chi connectivity index (χ1) is 10.1. The van der Waals surface area contributed by atoms with Crippen LogP contribution in [0.25, 0.3) is 0 Å². The molecule has 1 aliphatic carbocycles. The summed E-state index contributed by atoms with van der Waals surface area (Å²) in [5.41, 5.74) is 0. The molecule has 2 fully saturated rings. The van der Waals surface area contributed by atoms with Crippen molar-refractivity contribution >= 4 is 20.8 Å². The minimum atomic E-state index is -3.44. The van der Waals surface area contributed by atoms with Crippen molar-refractivity contribution in [3.8, 4) is 0 Å². The van der Waals surface area contributed by atoms with E-state index in [0.717, 1.165) is 32.1 Å². The lowest BCUT2D eigenvalue weighted by Crippen LogP contribution is -2.35. The van der Waals surface area contributed by atoms with Crippen molar-refractivity contribution in [1.29, 1.82) is 0 Å². The van der Waals surface area contributed by atoms with E-state index in [2.05, 4.69) is 4.98 Å². The molecule has 5 nitrogen and oxygen atoms in total. The maximum Gasteiger partial charge on any atom is 0.244 e. The van der Waals surface area contributed by atoms with E-state index in [1.165, 1.54) is 16.6 Å². The van der Waals surface area contributed by atoms with Gasteiger partial charge < -0.3 is 0 Å². The Kier molecular flexibility index (Phi) is 4.42. The molecular weight excluding hydrogens is 308 g/mol. The summed E-state index contributed by atoms with van der Waals surface area (Å²) in [4.78, 5) is 4.32. The number of nitrogens with zero attached hydrogens (tertiary/aromatic N) is 2. The fourth-order valence-corrected chi connectivity index (χ4v) is 5.28. The molecule has 21 heavy (non-hydrogen) atoms. The molecule has 0 aromatic carbocycles. The van der Waals surface area contributed by atoms with E-state index in [4.69, 9.17) is 0 Å². The van der Waals surface area contributed by atoms with Crippen molar-refractivity contribution in [3.05, 3.63) is 18.3 Å². The lowest BCUT2D eigenvalue weighted by molar-refractivity contribution is 0.346. The van der Waals surface area contributed by atoms with Crippen LogP contribution in [-0.2, 0) is 20.8 Å². The van der Waals surface area contributed by atoms with Crippen LogP contribution in [0.3, 0.4) is 0 Å². The molecule has 0 radical (unpaired) electrons. The average molecular weight is 328 g/mol. The van der Waals surface area contributed by atoms with E-state index < -0.39 is 20.8 Å². The molecule has 3 rings (SSSR count). The molecule has 1 unspecified atom stereocenters. The summed E-state index contributed by atoms with van der Waals surface area (Å²) in [6.07, 6.45) is 6.56. The molecule has 1 atom stereocenters. The van der Waals surface area contributed by atoms with E-state index in [0.29, 0.717) is 29.8 Å². The summed E-state index contributed by atoms with van der Waals surface area (Å²) in [7, 11) is -4.55. The molecule has 1 aromatic rings. The summed E-state index contributed by atoms with van der Waals surface area (Å²) in [6, 6.07) is 3.13. The predicted molar refractivity (Wildman–Crippen MR) is 80.8 cm³/mol. The van der Waals surface area contributed by atoms with E-state index in [1.54, 1.807) is 6.07 Å². The molecule has 1 aromatic heterocycles. The Balaban J connectivity index is 1.74. The second-order valence-corrected chi connectivity index (χ2v) is 9.13. The SMILES string of the molecule is O=S(CC1CC1)c1ccc(S(=O)(=O)N2CCCCC2)cn1. The van der Waals surface area contributed by atoms with Crippen molar-refractivity contribution in [2.45, 2.75) is 42.0 Å². The lowest BCUT2D eigenvalue weighted by Gasteiger charge is -2.25. The van der Waals surface area contributed by atoms with Crippen LogP contribution in [0, 0.1) is 5.92 Å². The van der Waals surface area contributed by atoms with Gasteiger partial charge >= 0.3 is 0 Å². The first-order valence-corrected chi connectivity index (χ1v) is 10.2. The van der Waals surface area contributed by atoms with Gasteiger partial charge in [-0.1, -0.05) is 6.42 Å². The molecule has 0 N–H and O–H groups in total. The minimum absolute atomic E-state index is 0.205. The van der Waals surface area contributed by atoms with Crippen LogP contribution in [0.4, 0.5) is 0 Å². The minimum Gasteiger partial charge on any atom is -0.253 e. The number of hydrogen-bond acceptors (Lipinski definition) is 4. The molecule has 116 valence electrons. The van der Waals surface area contributed by atoms with Gasteiger partial charge in [-0.25, -0.2) is 13.4 Å². The van der Waals surface area contributed by atoms with Gasteiger partial charge in [0, 0.05) is 25.0 Å². The van der Waals surface area contributed by atoms with Crippen LogP contribution in [0.5, 0.6) is 0 Å². The Morgan fingerprint density at radius 1 is 1.19 bits per heavy atom. The van der Waals surface area contributed by atoms with E-state index in [-0.39, 0.29) is 4.90 Å². The monoisotopic (exact) mass is 328 g/mol. The molecule has 0 bridgehead atoms. The standard InChI is InChI=1S/C14H20N2O3S2/c17-20(11-12-4-5-12)14-7-6-13(10-15-14)21(18,19)16-8-2-1-3-9-16/h6-7,10,12H,1-5,8-9,11H2. The third kappa shape index (κ3) is 3.52. The largest absolute Gasteiger partial charge is 0.253 e. The third-order valence-electron chi connectivity index (χ3n) is 3.98. The fraction of sp³-hybridized carbons (Fsp3) is 0.643. The van der Waals surface area contributed by atoms with E-state index >= 15 is 0 Å². The van der Waals surface area contributed by atoms with Gasteiger partial charge in [0.1, 0.15) is 9.92 Å². The lowest BCUT2D eigenvalue weighted by atomic mass is 10.2. The Hall–Kier alpha value is -0.790. The number of hydrogen-bond donors (Lipinski definition) is 0. The van der Waals surface area contributed by atoms with Crippen LogP contribution in [0.1, 0.15) is 32.1 Å². The first-order valence-electron chi connectivity index (χ1n) is 7.42. The van der Waals surface area contributed by atoms with Crippen molar-refractivity contribution in [3.63, 3.8) is 0 Å². The highest BCUT2D eigenvalue weighted by atomic mass is 32.2. The van der Waals surface area contributed by atoms with Gasteiger partial charge in [0.15, 0.2) is 0 Å². The smallest absolute Gasteiger partial charge is 0.244 e. The highest BCUT2D eigenvalue weighted by Gasteiger charge is 2.27. The number of rotatable bonds is 5. The zero-order valence-corrected chi connectivity index (χ0v) is 13.5. The molecule has 0 spiro atoms. The van der Waals surface area contributed by atoms with Crippen molar-refractivity contribution in [2.75, 3.05) is 18.8 Å². The molecule has 2 aliphatic rings. The van der Waals surface area contributed by atoms with Gasteiger partial charge in [-0.15, -0.1) is 0 Å². The van der Waals surface area contributed by atoms with Gasteiger partial charge in [-0.05, 0) is 43.7 Å². The van der Waals surface area contributed by atoms with Crippen LogP contribution >= 0.6 is 0 Å². The summed E-state index contributed by atoms with van der Waals surface area (Å²) >= 11 is 0. The maximum absolute atomic E-state index is 12.5. The van der Waals surface area contributed by atoms with Crippen LogP contribution in [0.2, 0.25) is 0 Å². The van der Waals surface area contributed by atoms with Crippen LogP contribution in [0.15, 0.2) is 28.3 Å². The molecule has 1 saturated heterocycles. The average Bonchev–Trinajstić information content (AvgIpc) is 3.32. The Morgan fingerprint density at radius 2 is 1.90 bits per heavy atom. The van der Waals surface area contributed by atoms with E-state index in [1.807, 2.05) is 0 Å². The highest BCUT2D eigenvalue weighted by Crippen LogP contribution is 2.30. The summed E-state index contributed by atoms with van der Waals surface area (Å²) < 4.78 is 38.5. The first kappa shape index (κ1) is 15.1. The predicted octanol–water partition coefficient (Wildman–Crippen LogP) is 1.77. The quantitative estimate of drug-likeness (QED) is 0.826. The Morgan fingerprint density at radius 3 is 2.48 bits per heavy atom.